The molecule has 0 aromatic heterocycles. The van der Waals surface area contributed by atoms with Gasteiger partial charge in [-0.1, -0.05) is 32.0 Å². The minimum atomic E-state index is -1.02. The van der Waals surface area contributed by atoms with Crippen LogP contribution in [0.1, 0.15) is 51.2 Å². The number of aryl methyl sites for hydroxylation is 2. The van der Waals surface area contributed by atoms with Crippen LogP contribution in [0.3, 0.4) is 0 Å². The number of amides is 3. The van der Waals surface area contributed by atoms with E-state index in [0.717, 1.165) is 53.8 Å². The molecule has 2 saturated carbocycles. The molecule has 4 rings (SSSR count). The molecule has 7 nitrogen and oxygen atoms in total. The van der Waals surface area contributed by atoms with Gasteiger partial charge in [-0.25, -0.2) is 4.79 Å². The second-order valence-corrected chi connectivity index (χ2v) is 8.92. The van der Waals surface area contributed by atoms with Crippen molar-refractivity contribution >= 4 is 29.4 Å². The summed E-state index contributed by atoms with van der Waals surface area (Å²) in [5.41, 5.74) is 2.79. The van der Waals surface area contributed by atoms with Gasteiger partial charge >= 0.3 is 5.97 Å². The number of nitrogens with zero attached hydrogens (tertiary/aromatic N) is 1. The summed E-state index contributed by atoms with van der Waals surface area (Å²) in [7, 11) is 0. The van der Waals surface area contributed by atoms with Gasteiger partial charge in [0.25, 0.3) is 5.91 Å². The lowest BCUT2D eigenvalue weighted by atomic mass is 9.81. The summed E-state index contributed by atoms with van der Waals surface area (Å²) >= 11 is 0. The Balaban J connectivity index is 1.37. The summed E-state index contributed by atoms with van der Waals surface area (Å²) in [6, 6.07) is 4.85. The Hall–Kier alpha value is -2.70. The number of esters is 1. The van der Waals surface area contributed by atoms with Crippen molar-refractivity contribution in [3.05, 3.63) is 29.3 Å². The Kier molecular flexibility index (Phi) is 5.86. The first-order valence-electron chi connectivity index (χ1n) is 11.3. The van der Waals surface area contributed by atoms with E-state index in [2.05, 4.69) is 5.32 Å². The van der Waals surface area contributed by atoms with Crippen LogP contribution in [0.5, 0.6) is 0 Å². The van der Waals surface area contributed by atoms with Crippen LogP contribution in [0.4, 0.5) is 5.69 Å². The first-order chi connectivity index (χ1) is 14.9. The summed E-state index contributed by atoms with van der Waals surface area (Å²) in [5, 5.41) is 2.85. The van der Waals surface area contributed by atoms with Crippen LogP contribution in [0.2, 0.25) is 0 Å². The van der Waals surface area contributed by atoms with Crippen molar-refractivity contribution in [3.8, 4) is 0 Å². The van der Waals surface area contributed by atoms with E-state index in [1.54, 1.807) is 0 Å². The third-order valence-corrected chi connectivity index (χ3v) is 7.30. The van der Waals surface area contributed by atoms with Gasteiger partial charge in [-0.05, 0) is 62.0 Å². The highest BCUT2D eigenvalue weighted by Crippen LogP contribution is 2.56. The predicted molar refractivity (Wildman–Crippen MR) is 114 cm³/mol. The third-order valence-electron chi connectivity index (χ3n) is 7.30. The Bertz CT molecular complexity index is 876. The number of rotatable bonds is 7. The van der Waals surface area contributed by atoms with E-state index >= 15 is 0 Å². The SMILES string of the molecule is CCc1cccc(CC)c1NC(=O)COC(=O)[C@H](C)N1C(=O)[C@@H]2[C@@H]3CC[C@@H](C3)[C@@H]2C1=O. The summed E-state index contributed by atoms with van der Waals surface area (Å²) in [5.74, 6) is -1.70. The van der Waals surface area contributed by atoms with Crippen molar-refractivity contribution in [2.24, 2.45) is 23.7 Å². The van der Waals surface area contributed by atoms with Gasteiger partial charge in [-0.15, -0.1) is 0 Å². The molecular formula is C24H30N2O5. The molecule has 1 saturated heterocycles. The van der Waals surface area contributed by atoms with Crippen molar-refractivity contribution in [2.45, 2.75) is 58.9 Å². The molecule has 1 aliphatic heterocycles. The molecular weight excluding hydrogens is 396 g/mol. The van der Waals surface area contributed by atoms with E-state index in [4.69, 9.17) is 4.74 Å². The van der Waals surface area contributed by atoms with Crippen molar-refractivity contribution in [1.82, 2.24) is 4.90 Å². The molecule has 2 aliphatic carbocycles. The molecule has 1 N–H and O–H groups in total. The molecule has 5 atom stereocenters. The molecule has 3 amide bonds. The largest absolute Gasteiger partial charge is 0.454 e. The molecule has 0 unspecified atom stereocenters. The van der Waals surface area contributed by atoms with Gasteiger partial charge in [0.15, 0.2) is 6.61 Å². The van der Waals surface area contributed by atoms with Crippen LogP contribution in [0.15, 0.2) is 18.2 Å². The third kappa shape index (κ3) is 3.64. The maximum Gasteiger partial charge on any atom is 0.329 e. The van der Waals surface area contributed by atoms with Crippen LogP contribution in [0.25, 0.3) is 0 Å². The average Bonchev–Trinajstić information content (AvgIpc) is 3.45. The van der Waals surface area contributed by atoms with E-state index in [-0.39, 0.29) is 35.5 Å². The highest BCUT2D eigenvalue weighted by atomic mass is 16.5. The second kappa shape index (κ2) is 8.44. The lowest BCUT2D eigenvalue weighted by Crippen LogP contribution is -2.45. The molecule has 0 radical (unpaired) electrons. The van der Waals surface area contributed by atoms with E-state index in [1.165, 1.54) is 6.92 Å². The van der Waals surface area contributed by atoms with E-state index in [1.807, 2.05) is 32.0 Å². The number of imide groups is 1. The number of carbonyl (C=O) groups excluding carboxylic acids is 4. The number of benzene rings is 1. The number of carbonyl (C=O) groups is 4. The molecule has 1 aromatic carbocycles. The Labute approximate surface area is 182 Å². The number of likely N-dealkylation sites (tertiary alicyclic amines) is 1. The lowest BCUT2D eigenvalue weighted by molar-refractivity contribution is -0.159. The van der Waals surface area contributed by atoms with Crippen molar-refractivity contribution in [1.29, 1.82) is 0 Å². The van der Waals surface area contributed by atoms with Crippen molar-refractivity contribution < 1.29 is 23.9 Å². The molecule has 1 heterocycles. The maximum absolute atomic E-state index is 12.9. The fourth-order valence-corrected chi connectivity index (χ4v) is 5.75. The summed E-state index contributed by atoms with van der Waals surface area (Å²) in [4.78, 5) is 51.8. The maximum atomic E-state index is 12.9. The van der Waals surface area contributed by atoms with Gasteiger partial charge < -0.3 is 10.1 Å². The summed E-state index contributed by atoms with van der Waals surface area (Å²) in [6.45, 7) is 5.06. The summed E-state index contributed by atoms with van der Waals surface area (Å²) in [6.07, 6.45) is 4.44. The number of anilines is 1. The summed E-state index contributed by atoms with van der Waals surface area (Å²) < 4.78 is 5.19. The molecule has 7 heteroatoms. The van der Waals surface area contributed by atoms with E-state index < -0.39 is 24.5 Å². The number of ether oxygens (including phenoxy) is 1. The molecule has 31 heavy (non-hydrogen) atoms. The van der Waals surface area contributed by atoms with Gasteiger partial charge in [0.2, 0.25) is 11.8 Å². The van der Waals surface area contributed by atoms with Crippen LogP contribution in [0, 0.1) is 23.7 Å². The monoisotopic (exact) mass is 426 g/mol. The van der Waals surface area contributed by atoms with Gasteiger partial charge in [0, 0.05) is 5.69 Å². The minimum absolute atomic E-state index is 0.249. The fraction of sp³-hybridized carbons (Fsp3) is 0.583. The quantitative estimate of drug-likeness (QED) is 0.535. The Morgan fingerprint density at radius 3 is 2.13 bits per heavy atom. The standard InChI is InChI=1S/C24H30N2O5/c1-4-14-7-6-8-15(5-2)21(14)25-18(27)12-31-24(30)13(3)26-22(28)19-16-9-10-17(11-16)20(19)23(26)29/h6-8,13,16-17,19-20H,4-5,9-12H2,1-3H3,(H,25,27)/t13-,16-,17+,19-,20+/m0/s1. The molecule has 166 valence electrons. The molecule has 3 aliphatic rings. The van der Waals surface area contributed by atoms with Crippen LogP contribution < -0.4 is 5.32 Å². The highest BCUT2D eigenvalue weighted by molar-refractivity contribution is 6.08. The molecule has 3 fully saturated rings. The lowest BCUT2D eigenvalue weighted by Gasteiger charge is -2.23. The van der Waals surface area contributed by atoms with E-state index in [9.17, 15) is 19.2 Å². The first kappa shape index (κ1) is 21.5. The first-order valence-corrected chi connectivity index (χ1v) is 11.3. The second-order valence-electron chi connectivity index (χ2n) is 8.92. The van der Waals surface area contributed by atoms with Gasteiger partial charge in [0.1, 0.15) is 6.04 Å². The Morgan fingerprint density at radius 2 is 1.61 bits per heavy atom. The smallest absolute Gasteiger partial charge is 0.329 e. The van der Waals surface area contributed by atoms with Gasteiger partial charge in [-0.2, -0.15) is 0 Å². The predicted octanol–water partition coefficient (Wildman–Crippen LogP) is 2.71. The number of fused-ring (bicyclic) bond motifs is 5. The van der Waals surface area contributed by atoms with Gasteiger partial charge in [0.05, 0.1) is 11.8 Å². The highest BCUT2D eigenvalue weighted by Gasteiger charge is 2.62. The Morgan fingerprint density at radius 1 is 1.06 bits per heavy atom. The number of hydrogen-bond acceptors (Lipinski definition) is 5. The zero-order chi connectivity index (χ0) is 22.3. The van der Waals surface area contributed by atoms with Crippen molar-refractivity contribution in [2.75, 3.05) is 11.9 Å². The van der Waals surface area contributed by atoms with Gasteiger partial charge in [-0.3, -0.25) is 19.3 Å². The number of hydrogen-bond donors (Lipinski definition) is 1. The normalized spacial score (nSPS) is 27.4. The number of nitrogens with one attached hydrogen (secondary N) is 1. The fourth-order valence-electron chi connectivity index (χ4n) is 5.75. The van der Waals surface area contributed by atoms with Crippen molar-refractivity contribution in [3.63, 3.8) is 0 Å². The van der Waals surface area contributed by atoms with Crippen LogP contribution >= 0.6 is 0 Å². The zero-order valence-electron chi connectivity index (χ0n) is 18.3. The van der Waals surface area contributed by atoms with Crippen LogP contribution in [-0.2, 0) is 36.8 Å². The molecule has 2 bridgehead atoms. The number of para-hydroxylation sites is 1. The average molecular weight is 427 g/mol. The molecule has 0 spiro atoms. The topological polar surface area (TPSA) is 92.8 Å². The molecule has 1 aromatic rings. The van der Waals surface area contributed by atoms with Crippen LogP contribution in [-0.4, -0.2) is 41.2 Å². The zero-order valence-corrected chi connectivity index (χ0v) is 18.3. The minimum Gasteiger partial charge on any atom is -0.454 e. The van der Waals surface area contributed by atoms with E-state index in [0.29, 0.717) is 0 Å².